The summed E-state index contributed by atoms with van der Waals surface area (Å²) in [6, 6.07) is 5.91. The maximum atomic E-state index is 11.8. The summed E-state index contributed by atoms with van der Waals surface area (Å²) >= 11 is 0. The minimum Gasteiger partial charge on any atom is -0.338 e. The predicted molar refractivity (Wildman–Crippen MR) is 84.3 cm³/mol. The largest absolute Gasteiger partial charge is 0.338 e. The van der Waals surface area contributed by atoms with Crippen molar-refractivity contribution in [3.63, 3.8) is 0 Å². The molecule has 0 aromatic carbocycles. The van der Waals surface area contributed by atoms with Crippen molar-refractivity contribution in [2.24, 2.45) is 0 Å². The Hall–Kier alpha value is -2.30. The van der Waals surface area contributed by atoms with Gasteiger partial charge in [0.2, 0.25) is 0 Å². The third-order valence-electron chi connectivity index (χ3n) is 3.36. The maximum absolute atomic E-state index is 11.8. The zero-order valence-electron chi connectivity index (χ0n) is 12.4. The molecule has 2 aromatic rings. The van der Waals surface area contributed by atoms with E-state index in [0.29, 0.717) is 13.0 Å². The van der Waals surface area contributed by atoms with E-state index in [4.69, 9.17) is 0 Å². The number of hydrogen-bond acceptors (Lipinski definition) is 2. The van der Waals surface area contributed by atoms with Crippen LogP contribution in [0.4, 0.5) is 4.79 Å². The van der Waals surface area contributed by atoms with Crippen LogP contribution in [0.3, 0.4) is 0 Å². The molecule has 0 aliphatic carbocycles. The van der Waals surface area contributed by atoms with Gasteiger partial charge in [-0.3, -0.25) is 0 Å². The van der Waals surface area contributed by atoms with E-state index in [9.17, 15) is 4.79 Å². The van der Waals surface area contributed by atoms with Gasteiger partial charge in [0, 0.05) is 31.4 Å². The lowest BCUT2D eigenvalue weighted by molar-refractivity contribution is 0.236. The van der Waals surface area contributed by atoms with Crippen molar-refractivity contribution in [2.75, 3.05) is 6.54 Å². The van der Waals surface area contributed by atoms with Gasteiger partial charge in [0.05, 0.1) is 5.69 Å². The monoisotopic (exact) mass is 286 g/mol. The first-order valence-electron chi connectivity index (χ1n) is 7.30. The molecule has 2 amide bonds. The number of pyridine rings is 1. The molecule has 0 unspecified atom stereocenters. The highest BCUT2D eigenvalue weighted by molar-refractivity contribution is 5.74. The summed E-state index contributed by atoms with van der Waals surface area (Å²) in [6.45, 7) is 6.31. The molecule has 5 heteroatoms. The highest BCUT2D eigenvalue weighted by atomic mass is 16.2. The molecular weight excluding hydrogens is 264 g/mol. The summed E-state index contributed by atoms with van der Waals surface area (Å²) in [5.74, 6) is 0. The lowest BCUT2D eigenvalue weighted by Gasteiger charge is -2.15. The van der Waals surface area contributed by atoms with Gasteiger partial charge in [-0.25, -0.2) is 9.78 Å². The number of fused-ring (bicyclic) bond motifs is 1. The number of nitrogens with zero attached hydrogens (tertiary/aromatic N) is 2. The molecule has 0 spiro atoms. The molecule has 2 heterocycles. The van der Waals surface area contributed by atoms with Gasteiger partial charge < -0.3 is 15.0 Å². The van der Waals surface area contributed by atoms with E-state index in [1.165, 1.54) is 0 Å². The Kier molecular flexibility index (Phi) is 5.37. The molecule has 1 atom stereocenters. The fraction of sp³-hybridized carbons (Fsp3) is 0.375. The standard InChI is InChI=1S/C16H22N4O/c1-3-7-13(4-2)19-16(21)17-10-9-14-12-20-11-6-5-8-15(20)18-14/h3,5-6,8,11-13H,1,4,7,9-10H2,2H3,(H2,17,19,21)/t13-/m0/s1. The highest BCUT2D eigenvalue weighted by Gasteiger charge is 2.08. The van der Waals surface area contributed by atoms with Crippen LogP contribution in [0.15, 0.2) is 43.2 Å². The second-order valence-corrected chi connectivity index (χ2v) is 4.98. The quantitative estimate of drug-likeness (QED) is 0.768. The van der Waals surface area contributed by atoms with Crippen LogP contribution in [-0.2, 0) is 6.42 Å². The number of carbonyl (C=O) groups excluding carboxylic acids is 1. The van der Waals surface area contributed by atoms with Gasteiger partial charge in [0.25, 0.3) is 0 Å². The number of carbonyl (C=O) groups is 1. The molecular formula is C16H22N4O. The average molecular weight is 286 g/mol. The normalized spacial score (nSPS) is 12.0. The van der Waals surface area contributed by atoms with Crippen LogP contribution in [0.2, 0.25) is 0 Å². The molecule has 5 nitrogen and oxygen atoms in total. The lowest BCUT2D eigenvalue weighted by Crippen LogP contribution is -2.42. The summed E-state index contributed by atoms with van der Waals surface area (Å²) in [5, 5.41) is 5.80. The number of urea groups is 1. The zero-order chi connectivity index (χ0) is 15.1. The van der Waals surface area contributed by atoms with Crippen molar-refractivity contribution in [2.45, 2.75) is 32.2 Å². The van der Waals surface area contributed by atoms with Gasteiger partial charge >= 0.3 is 6.03 Å². The molecule has 0 aliphatic rings. The van der Waals surface area contributed by atoms with Crippen molar-refractivity contribution in [1.82, 2.24) is 20.0 Å². The molecule has 0 radical (unpaired) electrons. The molecule has 0 bridgehead atoms. The zero-order valence-corrected chi connectivity index (χ0v) is 12.4. The Bertz CT molecular complexity index is 572. The van der Waals surface area contributed by atoms with Gasteiger partial charge in [0.15, 0.2) is 0 Å². The minimum atomic E-state index is -0.132. The Balaban J connectivity index is 1.78. The third kappa shape index (κ3) is 4.34. The van der Waals surface area contributed by atoms with Crippen LogP contribution in [-0.4, -0.2) is 28.0 Å². The Labute approximate surface area is 125 Å². The van der Waals surface area contributed by atoms with E-state index in [1.807, 2.05) is 48.0 Å². The van der Waals surface area contributed by atoms with Crippen molar-refractivity contribution in [3.05, 3.63) is 48.9 Å². The molecule has 112 valence electrons. The second kappa shape index (κ2) is 7.47. The summed E-state index contributed by atoms with van der Waals surface area (Å²) < 4.78 is 1.98. The van der Waals surface area contributed by atoms with Crippen LogP contribution >= 0.6 is 0 Å². The first-order valence-corrected chi connectivity index (χ1v) is 7.30. The topological polar surface area (TPSA) is 58.4 Å². The van der Waals surface area contributed by atoms with Crippen molar-refractivity contribution < 1.29 is 4.79 Å². The summed E-state index contributed by atoms with van der Waals surface area (Å²) in [7, 11) is 0. The number of amides is 2. The van der Waals surface area contributed by atoms with Crippen LogP contribution in [0.25, 0.3) is 5.65 Å². The summed E-state index contributed by atoms with van der Waals surface area (Å²) in [4.78, 5) is 16.3. The Morgan fingerprint density at radius 2 is 2.38 bits per heavy atom. The highest BCUT2D eigenvalue weighted by Crippen LogP contribution is 2.04. The van der Waals surface area contributed by atoms with Crippen LogP contribution in [0.5, 0.6) is 0 Å². The first-order chi connectivity index (χ1) is 10.2. The maximum Gasteiger partial charge on any atom is 0.315 e. The van der Waals surface area contributed by atoms with Gasteiger partial charge in [0.1, 0.15) is 5.65 Å². The number of imidazole rings is 1. The molecule has 0 saturated carbocycles. The smallest absolute Gasteiger partial charge is 0.315 e. The van der Waals surface area contributed by atoms with E-state index in [1.54, 1.807) is 0 Å². The molecule has 21 heavy (non-hydrogen) atoms. The minimum absolute atomic E-state index is 0.132. The molecule has 2 aromatic heterocycles. The molecule has 0 aliphatic heterocycles. The number of aromatic nitrogens is 2. The molecule has 2 N–H and O–H groups in total. The van der Waals surface area contributed by atoms with E-state index in [0.717, 1.165) is 24.2 Å². The number of nitrogens with one attached hydrogen (secondary N) is 2. The van der Waals surface area contributed by atoms with Crippen LogP contribution in [0.1, 0.15) is 25.5 Å². The van der Waals surface area contributed by atoms with Crippen molar-refractivity contribution in [3.8, 4) is 0 Å². The van der Waals surface area contributed by atoms with Crippen LogP contribution < -0.4 is 10.6 Å². The fourth-order valence-electron chi connectivity index (χ4n) is 2.18. The first kappa shape index (κ1) is 15.1. The summed E-state index contributed by atoms with van der Waals surface area (Å²) in [5.41, 5.74) is 1.90. The fourth-order valence-corrected chi connectivity index (χ4v) is 2.18. The predicted octanol–water partition coefficient (Wildman–Crippen LogP) is 2.53. The lowest BCUT2D eigenvalue weighted by atomic mass is 10.1. The number of rotatable bonds is 7. The van der Waals surface area contributed by atoms with Crippen molar-refractivity contribution in [1.29, 1.82) is 0 Å². The van der Waals surface area contributed by atoms with Crippen LogP contribution in [0, 0.1) is 0 Å². The Morgan fingerprint density at radius 1 is 1.52 bits per heavy atom. The van der Waals surface area contributed by atoms with Gasteiger partial charge in [-0.1, -0.05) is 19.1 Å². The Morgan fingerprint density at radius 3 is 3.10 bits per heavy atom. The summed E-state index contributed by atoms with van der Waals surface area (Å²) in [6.07, 6.45) is 8.18. The van der Waals surface area contributed by atoms with Crippen molar-refractivity contribution >= 4 is 11.7 Å². The third-order valence-corrected chi connectivity index (χ3v) is 3.36. The molecule has 0 saturated heterocycles. The molecule has 0 fully saturated rings. The van der Waals surface area contributed by atoms with Gasteiger partial charge in [-0.15, -0.1) is 6.58 Å². The number of hydrogen-bond donors (Lipinski definition) is 2. The molecule has 2 rings (SSSR count). The van der Waals surface area contributed by atoms with E-state index in [-0.39, 0.29) is 12.1 Å². The second-order valence-electron chi connectivity index (χ2n) is 4.98. The van der Waals surface area contributed by atoms with Gasteiger partial charge in [-0.2, -0.15) is 0 Å². The average Bonchev–Trinajstić information content (AvgIpc) is 2.89. The van der Waals surface area contributed by atoms with E-state index in [2.05, 4.69) is 22.2 Å². The van der Waals surface area contributed by atoms with E-state index < -0.39 is 0 Å². The van der Waals surface area contributed by atoms with E-state index >= 15 is 0 Å². The van der Waals surface area contributed by atoms with Gasteiger partial charge in [-0.05, 0) is 25.0 Å². The SMILES string of the molecule is C=CC[C@H](CC)NC(=O)NCCc1cn2ccccc2n1.